The molecule has 0 aliphatic rings. The van der Waals surface area contributed by atoms with Crippen LogP contribution in [-0.2, 0) is 11.2 Å². The molecule has 27 heavy (non-hydrogen) atoms. The lowest BCUT2D eigenvalue weighted by Gasteiger charge is -2.24. The molecule has 0 radical (unpaired) electrons. The van der Waals surface area contributed by atoms with E-state index in [2.05, 4.69) is 64.3 Å². The number of hydrogen-bond acceptors (Lipinski definition) is 1. The number of hydrogen-bond donors (Lipinski definition) is 1. The summed E-state index contributed by atoms with van der Waals surface area (Å²) >= 11 is 2.45. The summed E-state index contributed by atoms with van der Waals surface area (Å²) in [6.45, 7) is 0. The second-order valence-electron chi connectivity index (χ2n) is 6.69. The molecule has 0 spiro atoms. The maximum absolute atomic E-state index is 12.7. The van der Waals surface area contributed by atoms with Gasteiger partial charge in [-0.2, -0.15) is 0 Å². The van der Waals surface area contributed by atoms with Crippen LogP contribution < -0.4 is 5.32 Å². The van der Waals surface area contributed by atoms with Crippen LogP contribution in [0.15, 0.2) is 91.0 Å². The van der Waals surface area contributed by atoms with Crippen LogP contribution in [0.4, 0.5) is 0 Å². The zero-order chi connectivity index (χ0) is 18.9. The van der Waals surface area contributed by atoms with Crippen LogP contribution in [0.25, 0.3) is 0 Å². The molecule has 3 rings (SSSR count). The number of halogens is 1. The molecule has 138 valence electrons. The fourth-order valence-electron chi connectivity index (χ4n) is 3.29. The highest BCUT2D eigenvalue weighted by atomic mass is 127. The molecule has 0 aliphatic carbocycles. The van der Waals surface area contributed by atoms with Crippen molar-refractivity contribution in [3.63, 3.8) is 0 Å². The maximum Gasteiger partial charge on any atom is 0.224 e. The van der Waals surface area contributed by atoms with Crippen molar-refractivity contribution in [3.8, 4) is 0 Å². The number of nitrogens with one attached hydrogen (secondary N) is 1. The van der Waals surface area contributed by atoms with Crippen molar-refractivity contribution < 1.29 is 4.79 Å². The van der Waals surface area contributed by atoms with Gasteiger partial charge in [-0.3, -0.25) is 4.79 Å². The summed E-state index contributed by atoms with van der Waals surface area (Å²) in [6.07, 6.45) is 1.29. The Morgan fingerprint density at radius 3 is 1.85 bits per heavy atom. The van der Waals surface area contributed by atoms with Crippen LogP contribution in [0.2, 0.25) is 0 Å². The standard InChI is InChI=1S/C24H24INO/c25-18-22(20-12-6-2-7-13-20)17-23(21-14-8-3-9-15-21)26-24(27)16-19-10-4-1-5-11-19/h1-15,22-23H,16-18H2,(H,26,27). The zero-order valence-corrected chi connectivity index (χ0v) is 17.4. The van der Waals surface area contributed by atoms with Gasteiger partial charge in [0, 0.05) is 4.43 Å². The smallest absolute Gasteiger partial charge is 0.224 e. The Hall–Kier alpha value is -2.14. The molecule has 0 saturated heterocycles. The first kappa shape index (κ1) is 19.6. The van der Waals surface area contributed by atoms with Crippen LogP contribution in [0.1, 0.15) is 35.1 Å². The van der Waals surface area contributed by atoms with Crippen LogP contribution in [0.5, 0.6) is 0 Å². The molecule has 0 fully saturated rings. The number of alkyl halides is 1. The van der Waals surface area contributed by atoms with Gasteiger partial charge in [0.1, 0.15) is 0 Å². The highest BCUT2D eigenvalue weighted by molar-refractivity contribution is 14.1. The highest BCUT2D eigenvalue weighted by Gasteiger charge is 2.20. The van der Waals surface area contributed by atoms with E-state index in [4.69, 9.17) is 0 Å². The predicted octanol–water partition coefficient (Wildman–Crippen LogP) is 5.70. The minimum atomic E-state index is 0.00221. The molecule has 2 atom stereocenters. The summed E-state index contributed by atoms with van der Waals surface area (Å²) in [5.74, 6) is 0.462. The van der Waals surface area contributed by atoms with Gasteiger partial charge in [0.15, 0.2) is 0 Å². The fourth-order valence-corrected chi connectivity index (χ4v) is 4.16. The van der Waals surface area contributed by atoms with E-state index in [-0.39, 0.29) is 11.9 Å². The monoisotopic (exact) mass is 469 g/mol. The Morgan fingerprint density at radius 2 is 1.30 bits per heavy atom. The molecule has 1 amide bonds. The summed E-state index contributed by atoms with van der Waals surface area (Å²) in [5.41, 5.74) is 3.52. The first-order valence-corrected chi connectivity index (χ1v) is 10.8. The SMILES string of the molecule is O=C(Cc1ccccc1)NC(CC(CI)c1ccccc1)c1ccccc1. The summed E-state index contributed by atoms with van der Waals surface area (Å²) in [4.78, 5) is 12.7. The van der Waals surface area contributed by atoms with E-state index < -0.39 is 0 Å². The number of carbonyl (C=O) groups excluding carboxylic acids is 1. The second kappa shape index (κ2) is 10.3. The van der Waals surface area contributed by atoms with Gasteiger partial charge < -0.3 is 5.32 Å². The molecule has 0 bridgehead atoms. The van der Waals surface area contributed by atoms with E-state index in [1.54, 1.807) is 0 Å². The Balaban J connectivity index is 1.76. The molecule has 3 aromatic rings. The summed E-state index contributed by atoms with van der Waals surface area (Å²) in [7, 11) is 0. The van der Waals surface area contributed by atoms with Gasteiger partial charge in [-0.25, -0.2) is 0 Å². The largest absolute Gasteiger partial charge is 0.349 e. The van der Waals surface area contributed by atoms with Gasteiger partial charge in [-0.1, -0.05) is 114 Å². The zero-order valence-electron chi connectivity index (χ0n) is 15.2. The van der Waals surface area contributed by atoms with Crippen molar-refractivity contribution in [2.45, 2.75) is 24.8 Å². The third kappa shape index (κ3) is 5.93. The third-order valence-electron chi connectivity index (χ3n) is 4.72. The maximum atomic E-state index is 12.7. The van der Waals surface area contributed by atoms with Crippen molar-refractivity contribution in [3.05, 3.63) is 108 Å². The average molecular weight is 469 g/mol. The first-order chi connectivity index (χ1) is 13.3. The average Bonchev–Trinajstić information content (AvgIpc) is 2.73. The van der Waals surface area contributed by atoms with Crippen molar-refractivity contribution in [1.29, 1.82) is 0 Å². The molecular formula is C24H24INO. The lowest BCUT2D eigenvalue weighted by molar-refractivity contribution is -0.121. The third-order valence-corrected chi connectivity index (χ3v) is 5.79. The molecule has 2 nitrogen and oxygen atoms in total. The van der Waals surface area contributed by atoms with Gasteiger partial charge in [0.25, 0.3) is 0 Å². The molecule has 0 aromatic heterocycles. The number of rotatable bonds is 8. The fraction of sp³-hybridized carbons (Fsp3) is 0.208. The van der Waals surface area contributed by atoms with Gasteiger partial charge in [-0.15, -0.1) is 0 Å². The minimum absolute atomic E-state index is 0.00221. The van der Waals surface area contributed by atoms with E-state index >= 15 is 0 Å². The number of carbonyl (C=O) groups is 1. The highest BCUT2D eigenvalue weighted by Crippen LogP contribution is 2.30. The van der Waals surface area contributed by atoms with E-state index in [1.807, 2.05) is 54.6 Å². The molecule has 0 aliphatic heterocycles. The summed E-state index contributed by atoms with van der Waals surface area (Å²) < 4.78 is 1.01. The molecule has 0 heterocycles. The van der Waals surface area contributed by atoms with Crippen LogP contribution >= 0.6 is 22.6 Å². The van der Waals surface area contributed by atoms with E-state index in [0.717, 1.165) is 22.0 Å². The van der Waals surface area contributed by atoms with Crippen molar-refractivity contribution in [1.82, 2.24) is 5.32 Å². The van der Waals surface area contributed by atoms with E-state index in [0.29, 0.717) is 12.3 Å². The van der Waals surface area contributed by atoms with Crippen molar-refractivity contribution >= 4 is 28.5 Å². The first-order valence-electron chi connectivity index (χ1n) is 9.25. The summed E-state index contributed by atoms with van der Waals surface area (Å²) in [5, 5.41) is 3.27. The topological polar surface area (TPSA) is 29.1 Å². The van der Waals surface area contributed by atoms with Gasteiger partial charge in [0.05, 0.1) is 12.5 Å². The Kier molecular flexibility index (Phi) is 7.45. The minimum Gasteiger partial charge on any atom is -0.349 e. The van der Waals surface area contributed by atoms with Gasteiger partial charge in [-0.05, 0) is 29.0 Å². The van der Waals surface area contributed by atoms with Crippen LogP contribution in [0, 0.1) is 0 Å². The van der Waals surface area contributed by atoms with E-state index in [9.17, 15) is 4.79 Å². The second-order valence-corrected chi connectivity index (χ2v) is 7.57. The van der Waals surface area contributed by atoms with Crippen molar-refractivity contribution in [2.75, 3.05) is 4.43 Å². The lowest BCUT2D eigenvalue weighted by atomic mass is 9.90. The van der Waals surface area contributed by atoms with Gasteiger partial charge >= 0.3 is 0 Å². The molecule has 3 heteroatoms. The van der Waals surface area contributed by atoms with Crippen LogP contribution in [-0.4, -0.2) is 10.3 Å². The quantitative estimate of drug-likeness (QED) is 0.333. The van der Waals surface area contributed by atoms with Gasteiger partial charge in [0.2, 0.25) is 5.91 Å². The Morgan fingerprint density at radius 1 is 0.778 bits per heavy atom. The van der Waals surface area contributed by atoms with Crippen LogP contribution in [0.3, 0.4) is 0 Å². The Bertz CT molecular complexity index is 821. The number of amides is 1. The molecule has 3 aromatic carbocycles. The van der Waals surface area contributed by atoms with Crippen molar-refractivity contribution in [2.24, 2.45) is 0 Å². The lowest BCUT2D eigenvalue weighted by Crippen LogP contribution is -2.31. The molecule has 0 saturated carbocycles. The normalized spacial score (nSPS) is 12.9. The predicted molar refractivity (Wildman–Crippen MR) is 120 cm³/mol. The van der Waals surface area contributed by atoms with E-state index in [1.165, 1.54) is 5.56 Å². The molecule has 2 unspecified atom stereocenters. The number of benzene rings is 3. The molecule has 1 N–H and O–H groups in total. The molecular weight excluding hydrogens is 445 g/mol. The summed E-state index contributed by atoms with van der Waals surface area (Å²) in [6, 6.07) is 30.8. The Labute approximate surface area is 175 Å².